The van der Waals surface area contributed by atoms with Gasteiger partial charge in [0.2, 0.25) is 0 Å². The van der Waals surface area contributed by atoms with Crippen LogP contribution in [0.4, 0.5) is 19.6 Å². The van der Waals surface area contributed by atoms with Crippen molar-refractivity contribution in [3.8, 4) is 0 Å². The van der Waals surface area contributed by atoms with E-state index in [-0.39, 0.29) is 30.0 Å². The Morgan fingerprint density at radius 1 is 1.38 bits per heavy atom. The SMILES string of the molecule is CCNC(=NCc1csc(N(C)C)n1)NC1CCN(c2ccc(F)cc2F)C1.I. The number of hydrogen-bond acceptors (Lipinski definition) is 5. The van der Waals surface area contributed by atoms with Gasteiger partial charge in [-0.3, -0.25) is 0 Å². The molecule has 3 rings (SSSR count). The monoisotopic (exact) mass is 536 g/mol. The van der Waals surface area contributed by atoms with Crippen LogP contribution in [0.1, 0.15) is 19.0 Å². The number of aromatic nitrogens is 1. The number of anilines is 2. The first kappa shape index (κ1) is 23.6. The number of nitrogens with zero attached hydrogens (tertiary/aromatic N) is 4. The van der Waals surface area contributed by atoms with Gasteiger partial charge in [-0.25, -0.2) is 18.8 Å². The van der Waals surface area contributed by atoms with E-state index in [4.69, 9.17) is 0 Å². The maximum absolute atomic E-state index is 14.0. The minimum absolute atomic E-state index is 0. The fraction of sp³-hybridized carbons (Fsp3) is 0.474. The standard InChI is InChI=1S/C19H26F2N6S.HI/c1-4-22-18(23-10-15-12-28-19(25-15)26(2)3)24-14-7-8-27(11-14)17-6-5-13(20)9-16(17)21;/h5-6,9,12,14H,4,7-8,10-11H2,1-3H3,(H2,22,23,24);1H. The van der Waals surface area contributed by atoms with Crippen LogP contribution in [0, 0.1) is 11.6 Å². The second-order valence-corrected chi connectivity index (χ2v) is 7.72. The smallest absolute Gasteiger partial charge is 0.191 e. The summed E-state index contributed by atoms with van der Waals surface area (Å²) in [7, 11) is 3.93. The number of hydrogen-bond donors (Lipinski definition) is 2. The number of rotatable bonds is 6. The molecule has 1 unspecified atom stereocenters. The highest BCUT2D eigenvalue weighted by atomic mass is 127. The minimum Gasteiger partial charge on any atom is -0.367 e. The van der Waals surface area contributed by atoms with Gasteiger partial charge in [-0.15, -0.1) is 35.3 Å². The molecule has 2 N–H and O–H groups in total. The van der Waals surface area contributed by atoms with Gasteiger partial charge in [-0.05, 0) is 25.5 Å². The average Bonchev–Trinajstić information content (AvgIpc) is 3.29. The summed E-state index contributed by atoms with van der Waals surface area (Å²) in [5.74, 6) is -0.370. The van der Waals surface area contributed by atoms with Crippen LogP contribution in [0.25, 0.3) is 0 Å². The normalized spacial score (nSPS) is 16.5. The van der Waals surface area contributed by atoms with Gasteiger partial charge >= 0.3 is 0 Å². The zero-order chi connectivity index (χ0) is 20.1. The van der Waals surface area contributed by atoms with Crippen LogP contribution in [-0.4, -0.2) is 50.7 Å². The van der Waals surface area contributed by atoms with Gasteiger partial charge in [0.05, 0.1) is 17.9 Å². The molecule has 6 nitrogen and oxygen atoms in total. The third kappa shape index (κ3) is 6.39. The second-order valence-electron chi connectivity index (χ2n) is 6.88. The van der Waals surface area contributed by atoms with Gasteiger partial charge in [-0.2, -0.15) is 0 Å². The number of guanidine groups is 1. The highest BCUT2D eigenvalue weighted by Crippen LogP contribution is 2.24. The molecule has 0 aliphatic carbocycles. The lowest BCUT2D eigenvalue weighted by atomic mass is 10.2. The van der Waals surface area contributed by atoms with Crippen LogP contribution in [0.5, 0.6) is 0 Å². The molecule has 1 atom stereocenters. The Kier molecular flexibility index (Phi) is 8.87. The van der Waals surface area contributed by atoms with Gasteiger partial charge in [0.25, 0.3) is 0 Å². The van der Waals surface area contributed by atoms with Crippen LogP contribution in [-0.2, 0) is 6.54 Å². The number of halogens is 3. The summed E-state index contributed by atoms with van der Waals surface area (Å²) >= 11 is 1.59. The van der Waals surface area contributed by atoms with Crippen molar-refractivity contribution in [1.29, 1.82) is 0 Å². The zero-order valence-electron chi connectivity index (χ0n) is 16.8. The lowest BCUT2D eigenvalue weighted by Crippen LogP contribution is -2.44. The molecule has 0 radical (unpaired) electrons. The zero-order valence-corrected chi connectivity index (χ0v) is 19.9. The third-order valence-electron chi connectivity index (χ3n) is 4.45. The predicted octanol–water partition coefficient (Wildman–Crippen LogP) is 3.44. The highest BCUT2D eigenvalue weighted by Gasteiger charge is 2.25. The Hall–Kier alpha value is -1.69. The number of aliphatic imine (C=N–C) groups is 1. The molecule has 2 aromatic rings. The molecule has 2 heterocycles. The van der Waals surface area contributed by atoms with E-state index in [1.54, 1.807) is 11.3 Å². The lowest BCUT2D eigenvalue weighted by molar-refractivity contribution is 0.580. The largest absolute Gasteiger partial charge is 0.367 e. The molecule has 1 aromatic heterocycles. The first-order valence-corrected chi connectivity index (χ1v) is 10.2. The van der Waals surface area contributed by atoms with Crippen LogP contribution in [0.15, 0.2) is 28.6 Å². The molecule has 0 bridgehead atoms. The van der Waals surface area contributed by atoms with Gasteiger partial charge < -0.3 is 20.4 Å². The van der Waals surface area contributed by atoms with E-state index in [0.717, 1.165) is 29.9 Å². The quantitative estimate of drug-likeness (QED) is 0.337. The lowest BCUT2D eigenvalue weighted by Gasteiger charge is -2.21. The molecular formula is C19H27F2IN6S. The van der Waals surface area contributed by atoms with Crippen molar-refractivity contribution in [2.24, 2.45) is 4.99 Å². The van der Waals surface area contributed by atoms with Gasteiger partial charge in [-0.1, -0.05) is 0 Å². The van der Waals surface area contributed by atoms with Crippen LogP contribution in [0.2, 0.25) is 0 Å². The maximum atomic E-state index is 14.0. The first-order valence-electron chi connectivity index (χ1n) is 9.33. The molecule has 0 saturated carbocycles. The summed E-state index contributed by atoms with van der Waals surface area (Å²) in [4.78, 5) is 13.1. The number of benzene rings is 1. The van der Waals surface area contributed by atoms with Gasteiger partial charge in [0, 0.05) is 51.2 Å². The number of thiazole rings is 1. The van der Waals surface area contributed by atoms with Crippen molar-refractivity contribution in [2.45, 2.75) is 25.9 Å². The van der Waals surface area contributed by atoms with E-state index in [2.05, 4.69) is 20.6 Å². The van der Waals surface area contributed by atoms with E-state index in [1.807, 2.05) is 36.2 Å². The molecule has 0 spiro atoms. The molecule has 1 aromatic carbocycles. The molecule has 10 heteroatoms. The predicted molar refractivity (Wildman–Crippen MR) is 127 cm³/mol. The van der Waals surface area contributed by atoms with E-state index < -0.39 is 11.6 Å². The maximum Gasteiger partial charge on any atom is 0.191 e. The minimum atomic E-state index is -0.559. The van der Waals surface area contributed by atoms with Crippen LogP contribution >= 0.6 is 35.3 Å². The summed E-state index contributed by atoms with van der Waals surface area (Å²) in [6.45, 7) is 4.59. The summed E-state index contributed by atoms with van der Waals surface area (Å²) in [6, 6.07) is 3.85. The van der Waals surface area contributed by atoms with E-state index in [9.17, 15) is 8.78 Å². The van der Waals surface area contributed by atoms with E-state index >= 15 is 0 Å². The molecular weight excluding hydrogens is 509 g/mol. The van der Waals surface area contributed by atoms with Gasteiger partial charge in [0.15, 0.2) is 11.1 Å². The van der Waals surface area contributed by atoms with Crippen LogP contribution in [0.3, 0.4) is 0 Å². The fourth-order valence-corrected chi connectivity index (χ4v) is 3.83. The Morgan fingerprint density at radius 2 is 2.17 bits per heavy atom. The Bertz CT molecular complexity index is 829. The molecule has 1 aliphatic heterocycles. The van der Waals surface area contributed by atoms with Crippen molar-refractivity contribution in [3.05, 3.63) is 40.9 Å². The molecule has 1 aliphatic rings. The number of nitrogens with one attached hydrogen (secondary N) is 2. The highest BCUT2D eigenvalue weighted by molar-refractivity contribution is 14.0. The molecule has 0 amide bonds. The van der Waals surface area contributed by atoms with Crippen molar-refractivity contribution < 1.29 is 8.78 Å². The van der Waals surface area contributed by atoms with Crippen molar-refractivity contribution in [2.75, 3.05) is 43.5 Å². The Morgan fingerprint density at radius 3 is 2.83 bits per heavy atom. The second kappa shape index (κ2) is 10.9. The van der Waals surface area contributed by atoms with E-state index in [1.165, 1.54) is 12.1 Å². The summed E-state index contributed by atoms with van der Waals surface area (Å²) < 4.78 is 27.2. The summed E-state index contributed by atoms with van der Waals surface area (Å²) in [5.41, 5.74) is 1.36. The van der Waals surface area contributed by atoms with Crippen molar-refractivity contribution in [1.82, 2.24) is 15.6 Å². The first-order chi connectivity index (χ1) is 13.5. The fourth-order valence-electron chi connectivity index (χ4n) is 3.08. The summed E-state index contributed by atoms with van der Waals surface area (Å²) in [5, 5.41) is 9.62. The third-order valence-corrected chi connectivity index (χ3v) is 5.50. The van der Waals surface area contributed by atoms with Crippen LogP contribution < -0.4 is 20.4 Å². The Labute approximate surface area is 191 Å². The Balaban J connectivity index is 0.00000300. The average molecular weight is 536 g/mol. The topological polar surface area (TPSA) is 55.8 Å². The molecule has 1 fully saturated rings. The summed E-state index contributed by atoms with van der Waals surface area (Å²) in [6.07, 6.45) is 0.850. The molecule has 160 valence electrons. The van der Waals surface area contributed by atoms with Crippen molar-refractivity contribution >= 4 is 52.1 Å². The molecule has 1 saturated heterocycles. The van der Waals surface area contributed by atoms with Gasteiger partial charge in [0.1, 0.15) is 11.6 Å². The van der Waals surface area contributed by atoms with E-state index in [0.29, 0.717) is 31.3 Å². The molecule has 29 heavy (non-hydrogen) atoms. The van der Waals surface area contributed by atoms with Crippen molar-refractivity contribution in [3.63, 3.8) is 0 Å².